The highest BCUT2D eigenvalue weighted by molar-refractivity contribution is 5.52. The van der Waals surface area contributed by atoms with Crippen LogP contribution in [0, 0.1) is 0 Å². The minimum absolute atomic E-state index is 0.528. The maximum absolute atomic E-state index is 12.4. The average molecular weight is 255 g/mol. The van der Waals surface area contributed by atoms with E-state index in [4.69, 9.17) is 0 Å². The molecule has 1 N–H and O–H groups in total. The molecule has 2 rings (SSSR count). The highest BCUT2D eigenvalue weighted by Crippen LogP contribution is 2.28. The Morgan fingerprint density at radius 3 is 2.72 bits per heavy atom. The van der Waals surface area contributed by atoms with E-state index in [0.29, 0.717) is 12.1 Å². The molecule has 0 radical (unpaired) electrons. The van der Waals surface area contributed by atoms with Crippen LogP contribution in [-0.4, -0.2) is 16.8 Å². The first-order chi connectivity index (χ1) is 8.50. The van der Waals surface area contributed by atoms with Crippen molar-refractivity contribution in [2.75, 3.05) is 7.05 Å². The fourth-order valence-corrected chi connectivity index (χ4v) is 1.59. The van der Waals surface area contributed by atoms with Crippen LogP contribution in [0.3, 0.4) is 0 Å². The normalized spacial score (nSPS) is 16.0. The van der Waals surface area contributed by atoms with Gasteiger partial charge in [-0.15, -0.1) is 0 Å². The molecule has 1 heterocycles. The number of aromatic nitrogens is 2. The fourth-order valence-electron chi connectivity index (χ4n) is 1.59. The summed E-state index contributed by atoms with van der Waals surface area (Å²) in [5.74, 6) is 0. The predicted octanol–water partition coefficient (Wildman–Crippen LogP) is 2.81. The van der Waals surface area contributed by atoms with Gasteiger partial charge in [-0.2, -0.15) is 18.3 Å². The average Bonchev–Trinajstić information content (AvgIpc) is 2.68. The summed E-state index contributed by atoms with van der Waals surface area (Å²) in [5.41, 5.74) is 0.703. The van der Waals surface area contributed by atoms with Crippen molar-refractivity contribution in [3.05, 3.63) is 48.0 Å². The lowest BCUT2D eigenvalue weighted by atomic mass is 10.3. The second-order valence-corrected chi connectivity index (χ2v) is 3.78. The van der Waals surface area contributed by atoms with Crippen molar-refractivity contribution >= 4 is 5.70 Å². The van der Waals surface area contributed by atoms with Crippen molar-refractivity contribution in [2.24, 2.45) is 0 Å². The Kier molecular flexibility index (Phi) is 3.27. The maximum atomic E-state index is 12.4. The van der Waals surface area contributed by atoms with Gasteiger partial charge in [-0.25, -0.2) is 4.68 Å². The van der Waals surface area contributed by atoms with E-state index >= 15 is 0 Å². The van der Waals surface area contributed by atoms with Gasteiger partial charge in [-0.3, -0.25) is 0 Å². The lowest BCUT2D eigenvalue weighted by Crippen LogP contribution is -2.07. The summed E-state index contributed by atoms with van der Waals surface area (Å²) in [6, 6.07) is 0.970. The van der Waals surface area contributed by atoms with Crippen molar-refractivity contribution in [3.8, 4) is 0 Å². The smallest absolute Gasteiger partial charge is 0.388 e. The zero-order valence-corrected chi connectivity index (χ0v) is 9.70. The lowest BCUT2D eigenvalue weighted by molar-refractivity contribution is -0.141. The van der Waals surface area contributed by atoms with Crippen LogP contribution in [0.15, 0.2) is 42.3 Å². The topological polar surface area (TPSA) is 29.9 Å². The van der Waals surface area contributed by atoms with Crippen LogP contribution >= 0.6 is 0 Å². The van der Waals surface area contributed by atoms with Crippen molar-refractivity contribution in [2.45, 2.75) is 12.6 Å². The van der Waals surface area contributed by atoms with Gasteiger partial charge in [-0.05, 0) is 24.3 Å². The van der Waals surface area contributed by atoms with E-state index in [1.165, 1.54) is 10.9 Å². The molecule has 1 aliphatic rings. The Bertz CT molecular complexity index is 521. The first kappa shape index (κ1) is 12.5. The van der Waals surface area contributed by atoms with E-state index in [1.807, 2.05) is 12.2 Å². The van der Waals surface area contributed by atoms with Gasteiger partial charge in [0.2, 0.25) is 0 Å². The molecule has 0 aliphatic heterocycles. The molecule has 0 atom stereocenters. The van der Waals surface area contributed by atoms with Gasteiger partial charge in [0.15, 0.2) is 5.69 Å². The van der Waals surface area contributed by atoms with Crippen molar-refractivity contribution < 1.29 is 13.2 Å². The van der Waals surface area contributed by atoms with E-state index in [2.05, 4.69) is 10.4 Å². The molecule has 0 spiro atoms. The van der Waals surface area contributed by atoms with Gasteiger partial charge >= 0.3 is 6.18 Å². The summed E-state index contributed by atoms with van der Waals surface area (Å²) in [4.78, 5) is 0. The molecule has 96 valence electrons. The summed E-state index contributed by atoms with van der Waals surface area (Å²) < 4.78 is 38.6. The van der Waals surface area contributed by atoms with Crippen LogP contribution in [0.2, 0.25) is 0 Å². The molecule has 0 saturated carbocycles. The Morgan fingerprint density at radius 1 is 1.33 bits per heavy atom. The number of alkyl halides is 3. The summed E-state index contributed by atoms with van der Waals surface area (Å²) in [6.45, 7) is 0. The third-order valence-electron chi connectivity index (χ3n) is 2.54. The Balaban J connectivity index is 2.28. The molecule has 1 aromatic heterocycles. The number of hydrogen-bond acceptors (Lipinski definition) is 2. The summed E-state index contributed by atoms with van der Waals surface area (Å²) in [6.07, 6.45) is 4.74. The van der Waals surface area contributed by atoms with Gasteiger partial charge in [-0.1, -0.05) is 6.08 Å². The summed E-state index contributed by atoms with van der Waals surface area (Å²) in [7, 11) is 1.78. The maximum Gasteiger partial charge on any atom is 0.435 e. The second kappa shape index (κ2) is 4.72. The fraction of sp³-hybridized carbons (Fsp3) is 0.250. The largest absolute Gasteiger partial charge is 0.435 e. The number of allylic oxidation sites excluding steroid dienone is 5. The van der Waals surface area contributed by atoms with Crippen LogP contribution in [-0.2, 0) is 6.18 Å². The molecular formula is C12H12F3N3. The number of nitrogens with one attached hydrogen (secondary N) is 1. The molecule has 0 bridgehead atoms. The van der Waals surface area contributed by atoms with Crippen LogP contribution in [0.4, 0.5) is 13.2 Å². The van der Waals surface area contributed by atoms with Crippen LogP contribution < -0.4 is 5.32 Å². The molecule has 1 aromatic rings. The first-order valence-corrected chi connectivity index (χ1v) is 5.39. The van der Waals surface area contributed by atoms with Gasteiger partial charge in [0.25, 0.3) is 0 Å². The third-order valence-corrected chi connectivity index (χ3v) is 2.54. The van der Waals surface area contributed by atoms with Gasteiger partial charge < -0.3 is 5.32 Å². The second-order valence-electron chi connectivity index (χ2n) is 3.78. The minimum atomic E-state index is -4.40. The predicted molar refractivity (Wildman–Crippen MR) is 62.4 cm³/mol. The van der Waals surface area contributed by atoms with Crippen molar-refractivity contribution in [3.63, 3.8) is 0 Å². The van der Waals surface area contributed by atoms with Gasteiger partial charge in [0.05, 0.1) is 0 Å². The van der Waals surface area contributed by atoms with E-state index in [9.17, 15) is 13.2 Å². The number of nitrogens with zero attached hydrogens (tertiary/aromatic N) is 2. The summed E-state index contributed by atoms with van der Waals surface area (Å²) in [5, 5.41) is 6.50. The van der Waals surface area contributed by atoms with Gasteiger partial charge in [0, 0.05) is 31.1 Å². The molecule has 6 heteroatoms. The number of hydrogen-bond donors (Lipinski definition) is 1. The molecule has 0 amide bonds. The van der Waals surface area contributed by atoms with Crippen molar-refractivity contribution in [1.29, 1.82) is 0 Å². The van der Waals surface area contributed by atoms with E-state index in [0.717, 1.165) is 11.8 Å². The zero-order valence-electron chi connectivity index (χ0n) is 9.70. The van der Waals surface area contributed by atoms with Crippen LogP contribution in [0.25, 0.3) is 5.70 Å². The SMILES string of the molecule is CNC1=CC=C(n2ccc(C(F)(F)F)n2)CC=C1. The molecule has 0 unspecified atom stereocenters. The van der Waals surface area contributed by atoms with Crippen LogP contribution in [0.5, 0.6) is 0 Å². The molecule has 0 saturated heterocycles. The molecule has 1 aliphatic carbocycles. The quantitative estimate of drug-likeness (QED) is 0.880. The van der Waals surface area contributed by atoms with E-state index < -0.39 is 11.9 Å². The molecule has 3 nitrogen and oxygen atoms in total. The Morgan fingerprint density at radius 2 is 2.11 bits per heavy atom. The monoisotopic (exact) mass is 255 g/mol. The number of halogens is 3. The Labute approximate surface area is 102 Å². The van der Waals surface area contributed by atoms with E-state index in [1.54, 1.807) is 19.2 Å². The molecule has 0 fully saturated rings. The highest BCUT2D eigenvalue weighted by atomic mass is 19.4. The highest BCUT2D eigenvalue weighted by Gasteiger charge is 2.33. The van der Waals surface area contributed by atoms with Gasteiger partial charge in [0.1, 0.15) is 0 Å². The van der Waals surface area contributed by atoms with Crippen molar-refractivity contribution in [1.82, 2.24) is 15.1 Å². The first-order valence-electron chi connectivity index (χ1n) is 5.39. The molecule has 18 heavy (non-hydrogen) atoms. The van der Waals surface area contributed by atoms with Crippen LogP contribution in [0.1, 0.15) is 12.1 Å². The third kappa shape index (κ3) is 2.64. The Hall–Kier alpha value is -1.98. The molecule has 0 aromatic carbocycles. The van der Waals surface area contributed by atoms with E-state index in [-0.39, 0.29) is 0 Å². The lowest BCUT2D eigenvalue weighted by Gasteiger charge is -2.04. The number of likely N-dealkylation sites (N-methyl/N-ethyl adjacent to an activating group) is 1. The standard InChI is InChI=1S/C12H12F3N3/c1-16-9-3-2-4-10(6-5-9)18-8-7-11(17-18)12(13,14)15/h2-3,5-8,16H,4H2,1H3. The zero-order chi connectivity index (χ0) is 13.2. The molecular weight excluding hydrogens is 243 g/mol. The minimum Gasteiger partial charge on any atom is -0.388 e. The summed E-state index contributed by atoms with van der Waals surface area (Å²) >= 11 is 0. The number of rotatable bonds is 2.